The largest absolute Gasteiger partial charge is 0.494 e. The molecule has 0 spiro atoms. The molecule has 0 N–H and O–H groups in total. The lowest BCUT2D eigenvalue weighted by molar-refractivity contribution is -0.146. The highest BCUT2D eigenvalue weighted by Gasteiger charge is 2.20. The Kier molecular flexibility index (Phi) is 7.66. The van der Waals surface area contributed by atoms with Crippen molar-refractivity contribution >= 4 is 5.97 Å². The van der Waals surface area contributed by atoms with Crippen molar-refractivity contribution in [2.24, 2.45) is 5.92 Å². The molecule has 0 aliphatic heterocycles. The Morgan fingerprint density at radius 3 is 2.15 bits per heavy atom. The van der Waals surface area contributed by atoms with Gasteiger partial charge in [-0.2, -0.15) is 0 Å². The first-order valence-electron chi connectivity index (χ1n) is 9.49. The van der Waals surface area contributed by atoms with Gasteiger partial charge in [0.25, 0.3) is 0 Å². The molecule has 0 saturated heterocycles. The van der Waals surface area contributed by atoms with Gasteiger partial charge >= 0.3 is 5.97 Å². The van der Waals surface area contributed by atoms with Crippen LogP contribution >= 0.6 is 0 Å². The first-order valence-corrected chi connectivity index (χ1v) is 9.49. The second-order valence-electron chi connectivity index (χ2n) is 7.42. The van der Waals surface area contributed by atoms with Gasteiger partial charge in [0, 0.05) is 18.4 Å². The van der Waals surface area contributed by atoms with E-state index in [2.05, 4.69) is 51.6 Å². The predicted molar refractivity (Wildman–Crippen MR) is 109 cm³/mol. The molecule has 3 heteroatoms. The van der Waals surface area contributed by atoms with Gasteiger partial charge in [-0.25, -0.2) is 0 Å². The van der Waals surface area contributed by atoms with E-state index in [0.717, 1.165) is 12.0 Å². The van der Waals surface area contributed by atoms with Crippen molar-refractivity contribution < 1.29 is 14.3 Å². The van der Waals surface area contributed by atoms with Crippen molar-refractivity contribution in [1.82, 2.24) is 0 Å². The van der Waals surface area contributed by atoms with E-state index in [4.69, 9.17) is 9.47 Å². The zero-order valence-electron chi connectivity index (χ0n) is 16.8. The Morgan fingerprint density at radius 1 is 0.963 bits per heavy atom. The molecule has 0 fully saturated rings. The van der Waals surface area contributed by atoms with Crippen LogP contribution in [0.3, 0.4) is 0 Å². The molecule has 2 aromatic carbocycles. The number of esters is 1. The summed E-state index contributed by atoms with van der Waals surface area (Å²) in [5.41, 5.74) is 3.42. The first-order chi connectivity index (χ1) is 12.9. The fourth-order valence-corrected chi connectivity index (χ4v) is 2.97. The van der Waals surface area contributed by atoms with E-state index in [-0.39, 0.29) is 11.9 Å². The molecule has 2 aromatic rings. The Morgan fingerprint density at radius 2 is 1.59 bits per heavy atom. The van der Waals surface area contributed by atoms with Gasteiger partial charge in [-0.1, -0.05) is 81.9 Å². The van der Waals surface area contributed by atoms with Crippen LogP contribution in [0.5, 0.6) is 0 Å². The second kappa shape index (κ2) is 9.96. The second-order valence-corrected chi connectivity index (χ2v) is 7.42. The summed E-state index contributed by atoms with van der Waals surface area (Å²) in [4.78, 5) is 11.5. The Bertz CT molecular complexity index is 732. The fraction of sp³-hybridized carbons (Fsp3) is 0.375. The standard InChI is InChI=1S/C24H30O3/c1-17(2)15-21-11-13-22(14-12-21)18(3)16-26-19(4)24(27-20(5)25)23-9-7-6-8-10-23/h6-14,17-18,24H,4,15-16H2,1-3,5H3/t18?,24-/m1/s1. The Hall–Kier alpha value is -2.55. The summed E-state index contributed by atoms with van der Waals surface area (Å²) in [6.07, 6.45) is 0.493. The molecule has 0 aliphatic rings. The number of rotatable bonds is 9. The van der Waals surface area contributed by atoms with Crippen LogP contribution in [-0.4, -0.2) is 12.6 Å². The zero-order valence-corrected chi connectivity index (χ0v) is 16.8. The minimum atomic E-state index is -0.593. The van der Waals surface area contributed by atoms with Crippen molar-refractivity contribution in [2.75, 3.05) is 6.61 Å². The summed E-state index contributed by atoms with van der Waals surface area (Å²) in [5, 5.41) is 0. The van der Waals surface area contributed by atoms with Crippen molar-refractivity contribution in [3.05, 3.63) is 83.6 Å². The van der Waals surface area contributed by atoms with Crippen molar-refractivity contribution in [1.29, 1.82) is 0 Å². The summed E-state index contributed by atoms with van der Waals surface area (Å²) in [7, 11) is 0. The molecule has 0 aromatic heterocycles. The lowest BCUT2D eigenvalue weighted by Gasteiger charge is -2.22. The van der Waals surface area contributed by atoms with E-state index < -0.39 is 6.10 Å². The number of carbonyl (C=O) groups is 1. The molecule has 0 radical (unpaired) electrons. The quantitative estimate of drug-likeness (QED) is 0.414. The van der Waals surface area contributed by atoms with Gasteiger partial charge in [0.15, 0.2) is 6.10 Å². The van der Waals surface area contributed by atoms with E-state index in [0.29, 0.717) is 18.3 Å². The van der Waals surface area contributed by atoms with Crippen LogP contribution < -0.4 is 0 Å². The summed E-state index contributed by atoms with van der Waals surface area (Å²) in [6.45, 7) is 12.4. The molecule has 0 amide bonds. The van der Waals surface area contributed by atoms with Crippen LogP contribution in [0.15, 0.2) is 66.9 Å². The van der Waals surface area contributed by atoms with E-state index in [1.54, 1.807) is 0 Å². The number of hydrogen-bond acceptors (Lipinski definition) is 3. The van der Waals surface area contributed by atoms with Gasteiger partial charge in [0.1, 0.15) is 5.76 Å². The van der Waals surface area contributed by atoms with Crippen LogP contribution in [0, 0.1) is 5.92 Å². The Labute approximate surface area is 163 Å². The summed E-state index contributed by atoms with van der Waals surface area (Å²) in [6, 6.07) is 18.2. The van der Waals surface area contributed by atoms with Gasteiger partial charge in [-0.05, 0) is 23.5 Å². The molecule has 0 saturated carbocycles. The molecule has 0 aliphatic carbocycles. The predicted octanol–water partition coefficient (Wildman–Crippen LogP) is 5.82. The minimum Gasteiger partial charge on any atom is -0.494 e. The van der Waals surface area contributed by atoms with Gasteiger partial charge in [-0.15, -0.1) is 0 Å². The number of carbonyl (C=O) groups excluding carboxylic acids is 1. The molecular formula is C24H30O3. The Balaban J connectivity index is 1.98. The van der Waals surface area contributed by atoms with Crippen molar-refractivity contribution in [3.8, 4) is 0 Å². The highest BCUT2D eigenvalue weighted by Crippen LogP contribution is 2.27. The summed E-state index contributed by atoms with van der Waals surface area (Å²) < 4.78 is 11.3. The third-order valence-corrected chi connectivity index (χ3v) is 4.39. The smallest absolute Gasteiger partial charge is 0.303 e. The molecule has 144 valence electrons. The van der Waals surface area contributed by atoms with Gasteiger partial charge in [0.2, 0.25) is 0 Å². The van der Waals surface area contributed by atoms with E-state index >= 15 is 0 Å². The molecule has 0 bridgehead atoms. The van der Waals surface area contributed by atoms with Crippen molar-refractivity contribution in [3.63, 3.8) is 0 Å². The lowest BCUT2D eigenvalue weighted by Crippen LogP contribution is -2.14. The monoisotopic (exact) mass is 366 g/mol. The molecule has 27 heavy (non-hydrogen) atoms. The topological polar surface area (TPSA) is 35.5 Å². The normalized spacial score (nSPS) is 13.1. The summed E-state index contributed by atoms with van der Waals surface area (Å²) >= 11 is 0. The molecule has 3 nitrogen and oxygen atoms in total. The van der Waals surface area contributed by atoms with Gasteiger partial charge in [0.05, 0.1) is 6.61 Å². The summed E-state index contributed by atoms with van der Waals surface area (Å²) in [5.74, 6) is 0.946. The van der Waals surface area contributed by atoms with Crippen LogP contribution in [0.4, 0.5) is 0 Å². The fourth-order valence-electron chi connectivity index (χ4n) is 2.97. The highest BCUT2D eigenvalue weighted by molar-refractivity contribution is 5.66. The first kappa shape index (κ1) is 20.8. The highest BCUT2D eigenvalue weighted by atomic mass is 16.6. The van der Waals surface area contributed by atoms with Crippen LogP contribution in [-0.2, 0) is 20.7 Å². The van der Waals surface area contributed by atoms with Crippen LogP contribution in [0.1, 0.15) is 56.4 Å². The van der Waals surface area contributed by atoms with Gasteiger partial charge in [-0.3, -0.25) is 4.79 Å². The van der Waals surface area contributed by atoms with E-state index in [1.165, 1.54) is 18.1 Å². The van der Waals surface area contributed by atoms with Crippen LogP contribution in [0.25, 0.3) is 0 Å². The SMILES string of the molecule is C=C(OCC(C)c1ccc(CC(C)C)cc1)[C@@H](OC(C)=O)c1ccccc1. The van der Waals surface area contributed by atoms with E-state index in [9.17, 15) is 4.79 Å². The maximum absolute atomic E-state index is 11.5. The molecule has 2 atom stereocenters. The third kappa shape index (κ3) is 6.59. The molecular weight excluding hydrogens is 336 g/mol. The van der Waals surface area contributed by atoms with Crippen molar-refractivity contribution in [2.45, 2.75) is 46.1 Å². The van der Waals surface area contributed by atoms with Gasteiger partial charge < -0.3 is 9.47 Å². The molecule has 0 heterocycles. The third-order valence-electron chi connectivity index (χ3n) is 4.39. The average molecular weight is 367 g/mol. The maximum Gasteiger partial charge on any atom is 0.303 e. The van der Waals surface area contributed by atoms with E-state index in [1.807, 2.05) is 30.3 Å². The number of hydrogen-bond donors (Lipinski definition) is 0. The number of ether oxygens (including phenoxy) is 2. The average Bonchev–Trinajstić information content (AvgIpc) is 2.64. The molecule has 2 rings (SSSR count). The number of benzene rings is 2. The van der Waals surface area contributed by atoms with Crippen LogP contribution in [0.2, 0.25) is 0 Å². The zero-order chi connectivity index (χ0) is 19.8. The maximum atomic E-state index is 11.5. The molecule has 1 unspecified atom stereocenters. The minimum absolute atomic E-state index is 0.212. The lowest BCUT2D eigenvalue weighted by atomic mass is 9.97.